The summed E-state index contributed by atoms with van der Waals surface area (Å²) in [5.41, 5.74) is 3.37. The van der Waals surface area contributed by atoms with E-state index < -0.39 is 10.1 Å². The average molecular weight is 331 g/mol. The lowest BCUT2D eigenvalue weighted by Gasteiger charge is -2.08. The molecule has 1 aliphatic heterocycles. The molecule has 2 aromatic rings. The van der Waals surface area contributed by atoms with Gasteiger partial charge < -0.3 is 5.32 Å². The van der Waals surface area contributed by atoms with E-state index in [0.717, 1.165) is 16.8 Å². The van der Waals surface area contributed by atoms with Gasteiger partial charge >= 0.3 is 0 Å². The van der Waals surface area contributed by atoms with Crippen LogP contribution in [0.4, 0.5) is 5.69 Å². The summed E-state index contributed by atoms with van der Waals surface area (Å²) in [6.45, 7) is 0.0693. The number of fused-ring (bicyclic) bond motifs is 1. The fourth-order valence-electron chi connectivity index (χ4n) is 2.65. The second-order valence-corrected chi connectivity index (χ2v) is 7.07. The van der Waals surface area contributed by atoms with Crippen molar-refractivity contribution in [3.8, 4) is 0 Å². The third-order valence-electron chi connectivity index (χ3n) is 3.71. The number of nitrogens with one attached hydrogen (secondary N) is 1. The van der Waals surface area contributed by atoms with Gasteiger partial charge in [-0.1, -0.05) is 42.5 Å². The van der Waals surface area contributed by atoms with E-state index in [1.165, 1.54) is 0 Å². The topological polar surface area (TPSA) is 72.5 Å². The molecule has 1 amide bonds. The molecular formula is C17H17NO4S. The number of amides is 1. The molecule has 0 spiro atoms. The van der Waals surface area contributed by atoms with E-state index >= 15 is 0 Å². The van der Waals surface area contributed by atoms with Crippen LogP contribution in [0, 0.1) is 0 Å². The summed E-state index contributed by atoms with van der Waals surface area (Å²) in [6.07, 6.45) is 0.786. The Bertz CT molecular complexity index is 816. The molecule has 0 bridgehead atoms. The minimum atomic E-state index is -3.61. The van der Waals surface area contributed by atoms with Crippen molar-refractivity contribution in [2.24, 2.45) is 0 Å². The first-order valence-corrected chi connectivity index (χ1v) is 8.93. The van der Waals surface area contributed by atoms with Crippen LogP contribution < -0.4 is 5.32 Å². The molecule has 0 radical (unpaired) electrons. The van der Waals surface area contributed by atoms with Gasteiger partial charge in [0, 0.05) is 5.69 Å². The van der Waals surface area contributed by atoms with Crippen molar-refractivity contribution in [2.45, 2.75) is 18.6 Å². The molecule has 1 N–H and O–H groups in total. The maximum absolute atomic E-state index is 12.0. The number of hydrogen-bond acceptors (Lipinski definition) is 4. The zero-order valence-corrected chi connectivity index (χ0v) is 13.3. The predicted octanol–water partition coefficient (Wildman–Crippen LogP) is 2.27. The molecule has 0 aromatic heterocycles. The van der Waals surface area contributed by atoms with E-state index in [4.69, 9.17) is 4.18 Å². The summed E-state index contributed by atoms with van der Waals surface area (Å²) in [6, 6.07) is 14.5. The highest BCUT2D eigenvalue weighted by molar-refractivity contribution is 7.85. The molecule has 0 atom stereocenters. The molecule has 0 saturated carbocycles. The van der Waals surface area contributed by atoms with E-state index in [0.29, 0.717) is 18.4 Å². The van der Waals surface area contributed by atoms with Crippen LogP contribution in [0.25, 0.3) is 0 Å². The quantitative estimate of drug-likeness (QED) is 0.824. The number of carbonyl (C=O) groups is 1. The second-order valence-electron chi connectivity index (χ2n) is 5.43. The summed E-state index contributed by atoms with van der Waals surface area (Å²) >= 11 is 0. The molecule has 5 nitrogen and oxygen atoms in total. The largest absolute Gasteiger partial charge is 0.326 e. The third-order valence-corrected chi connectivity index (χ3v) is 4.92. The molecule has 120 valence electrons. The molecular weight excluding hydrogens is 314 g/mol. The zero-order chi connectivity index (χ0) is 16.3. The Labute approximate surface area is 135 Å². The number of hydrogen-bond donors (Lipinski definition) is 1. The monoisotopic (exact) mass is 331 g/mol. The van der Waals surface area contributed by atoms with Gasteiger partial charge in [-0.2, -0.15) is 8.42 Å². The van der Waals surface area contributed by atoms with Gasteiger partial charge in [-0.15, -0.1) is 0 Å². The lowest BCUT2D eigenvalue weighted by Crippen LogP contribution is -2.11. The van der Waals surface area contributed by atoms with Gasteiger partial charge in [0.05, 0.1) is 13.0 Å². The normalized spacial score (nSPS) is 13.7. The Morgan fingerprint density at radius 3 is 2.61 bits per heavy atom. The van der Waals surface area contributed by atoms with Gasteiger partial charge in [0.2, 0.25) is 5.91 Å². The summed E-state index contributed by atoms with van der Waals surface area (Å²) in [5.74, 6) is -0.175. The van der Waals surface area contributed by atoms with Gasteiger partial charge in [-0.25, -0.2) is 0 Å². The molecule has 0 fully saturated rings. The standard InChI is InChI=1S/C17H17NO4S/c19-17-11-15-14(7-4-8-16(15)18-17)9-10-22-23(20,21)12-13-5-2-1-3-6-13/h1-8H,9-12H2,(H,18,19). The number of benzene rings is 2. The first-order valence-electron chi connectivity index (χ1n) is 7.35. The minimum absolute atomic E-state index is 0.0370. The number of anilines is 1. The summed E-state index contributed by atoms with van der Waals surface area (Å²) in [7, 11) is -3.61. The molecule has 1 heterocycles. The number of carbonyl (C=O) groups excluding carboxylic acids is 1. The SMILES string of the molecule is O=C1Cc2c(CCOS(=O)(=O)Cc3ccccc3)cccc2N1. The molecule has 6 heteroatoms. The fraction of sp³-hybridized carbons (Fsp3) is 0.235. The van der Waals surface area contributed by atoms with Crippen molar-refractivity contribution in [1.29, 1.82) is 0 Å². The number of rotatable bonds is 6. The van der Waals surface area contributed by atoms with Crippen LogP contribution in [-0.2, 0) is 37.7 Å². The van der Waals surface area contributed by atoms with Crippen LogP contribution in [0.1, 0.15) is 16.7 Å². The van der Waals surface area contributed by atoms with Gasteiger partial charge in [0.1, 0.15) is 5.75 Å². The first-order chi connectivity index (χ1) is 11.0. The van der Waals surface area contributed by atoms with Crippen LogP contribution in [-0.4, -0.2) is 20.9 Å². The highest BCUT2D eigenvalue weighted by Gasteiger charge is 2.20. The smallest absolute Gasteiger partial charge is 0.271 e. The molecule has 0 saturated heterocycles. The summed E-state index contributed by atoms with van der Waals surface area (Å²) in [4.78, 5) is 11.5. The molecule has 0 aliphatic carbocycles. The van der Waals surface area contributed by atoms with Crippen LogP contribution >= 0.6 is 0 Å². The zero-order valence-electron chi connectivity index (χ0n) is 12.5. The van der Waals surface area contributed by atoms with Crippen molar-refractivity contribution < 1.29 is 17.4 Å². The molecule has 23 heavy (non-hydrogen) atoms. The van der Waals surface area contributed by atoms with Gasteiger partial charge in [-0.3, -0.25) is 8.98 Å². The van der Waals surface area contributed by atoms with Crippen molar-refractivity contribution in [2.75, 3.05) is 11.9 Å². The van der Waals surface area contributed by atoms with Crippen molar-refractivity contribution in [3.05, 3.63) is 65.2 Å². The third kappa shape index (κ3) is 3.97. The Kier molecular flexibility index (Phi) is 4.45. The highest BCUT2D eigenvalue weighted by atomic mass is 32.2. The lowest BCUT2D eigenvalue weighted by atomic mass is 10.0. The Balaban J connectivity index is 1.60. The highest BCUT2D eigenvalue weighted by Crippen LogP contribution is 2.26. The Hall–Kier alpha value is -2.18. The molecule has 3 rings (SSSR count). The lowest BCUT2D eigenvalue weighted by molar-refractivity contribution is -0.115. The van der Waals surface area contributed by atoms with E-state index in [1.54, 1.807) is 24.3 Å². The van der Waals surface area contributed by atoms with Crippen molar-refractivity contribution in [1.82, 2.24) is 0 Å². The predicted molar refractivity (Wildman–Crippen MR) is 87.5 cm³/mol. The Morgan fingerprint density at radius 1 is 1.04 bits per heavy atom. The van der Waals surface area contributed by atoms with E-state index in [9.17, 15) is 13.2 Å². The summed E-state index contributed by atoms with van der Waals surface area (Å²) in [5, 5.41) is 2.78. The minimum Gasteiger partial charge on any atom is -0.326 e. The Morgan fingerprint density at radius 2 is 1.83 bits per heavy atom. The average Bonchev–Trinajstić information content (AvgIpc) is 2.89. The van der Waals surface area contributed by atoms with Gasteiger partial charge in [0.25, 0.3) is 10.1 Å². The van der Waals surface area contributed by atoms with Crippen molar-refractivity contribution in [3.63, 3.8) is 0 Å². The molecule has 1 aliphatic rings. The maximum Gasteiger partial charge on any atom is 0.271 e. The van der Waals surface area contributed by atoms with Crippen LogP contribution in [0.2, 0.25) is 0 Å². The van der Waals surface area contributed by atoms with Crippen molar-refractivity contribution >= 4 is 21.7 Å². The molecule has 2 aromatic carbocycles. The van der Waals surface area contributed by atoms with Gasteiger partial charge in [0.15, 0.2) is 0 Å². The fourth-order valence-corrected chi connectivity index (χ4v) is 3.67. The van der Waals surface area contributed by atoms with Gasteiger partial charge in [-0.05, 0) is 29.2 Å². The summed E-state index contributed by atoms with van der Waals surface area (Å²) < 4.78 is 29.1. The second kappa shape index (κ2) is 6.52. The molecule has 0 unspecified atom stereocenters. The van der Waals surface area contributed by atoms with E-state index in [2.05, 4.69) is 5.32 Å². The maximum atomic E-state index is 12.0. The van der Waals surface area contributed by atoms with Crippen LogP contribution in [0.5, 0.6) is 0 Å². The first kappa shape index (κ1) is 15.7. The van der Waals surface area contributed by atoms with Crippen LogP contribution in [0.3, 0.4) is 0 Å². The van der Waals surface area contributed by atoms with E-state index in [-0.39, 0.29) is 18.3 Å². The van der Waals surface area contributed by atoms with Crippen LogP contribution in [0.15, 0.2) is 48.5 Å². The van der Waals surface area contributed by atoms with E-state index in [1.807, 2.05) is 24.3 Å².